The van der Waals surface area contributed by atoms with Crippen molar-refractivity contribution >= 4 is 23.3 Å². The lowest BCUT2D eigenvalue weighted by Crippen LogP contribution is -2.36. The number of pyridine rings is 1. The van der Waals surface area contributed by atoms with Crippen LogP contribution in [-0.4, -0.2) is 56.0 Å². The molecule has 1 aromatic carbocycles. The highest BCUT2D eigenvalue weighted by Gasteiger charge is 2.22. The van der Waals surface area contributed by atoms with Crippen LogP contribution < -0.4 is 15.1 Å². The molecule has 2 N–H and O–H groups in total. The Balaban J connectivity index is 1.26. The van der Waals surface area contributed by atoms with Gasteiger partial charge in [-0.15, -0.1) is 0 Å². The van der Waals surface area contributed by atoms with Crippen molar-refractivity contribution in [2.75, 3.05) is 41.4 Å². The van der Waals surface area contributed by atoms with Crippen molar-refractivity contribution in [3.05, 3.63) is 72.3 Å². The maximum atomic E-state index is 5.49. The highest BCUT2D eigenvalue weighted by molar-refractivity contribution is 5.72. The molecular formula is C25H27N9O. The van der Waals surface area contributed by atoms with E-state index in [1.54, 1.807) is 6.33 Å². The number of hydrogen-bond acceptors (Lipinski definition) is 8. The van der Waals surface area contributed by atoms with Crippen LogP contribution in [0, 0.1) is 6.92 Å². The van der Waals surface area contributed by atoms with Crippen LogP contribution in [0.1, 0.15) is 17.3 Å². The van der Waals surface area contributed by atoms with Gasteiger partial charge in [-0.2, -0.15) is 5.10 Å². The number of aromatic amines is 1. The molecule has 0 unspecified atom stereocenters. The first-order chi connectivity index (χ1) is 17.2. The van der Waals surface area contributed by atoms with E-state index in [0.717, 1.165) is 66.5 Å². The number of imidazole rings is 1. The lowest BCUT2D eigenvalue weighted by atomic mass is 10.2. The molecule has 0 aliphatic carbocycles. The molecule has 0 bridgehead atoms. The van der Waals surface area contributed by atoms with Gasteiger partial charge < -0.3 is 24.8 Å². The lowest BCUT2D eigenvalue weighted by molar-refractivity contribution is 0.122. The van der Waals surface area contributed by atoms with E-state index in [0.29, 0.717) is 13.2 Å². The van der Waals surface area contributed by atoms with Crippen molar-refractivity contribution in [3.63, 3.8) is 0 Å². The highest BCUT2D eigenvalue weighted by atomic mass is 16.5. The summed E-state index contributed by atoms with van der Waals surface area (Å²) in [6.45, 7) is 6.43. The number of anilines is 3. The van der Waals surface area contributed by atoms with Crippen molar-refractivity contribution in [2.45, 2.75) is 20.1 Å². The summed E-state index contributed by atoms with van der Waals surface area (Å²) < 4.78 is 7.33. The predicted molar refractivity (Wildman–Crippen MR) is 135 cm³/mol. The normalized spacial score (nSPS) is 15.3. The molecule has 3 aromatic heterocycles. The maximum absolute atomic E-state index is 5.49. The molecule has 2 aliphatic rings. The van der Waals surface area contributed by atoms with Gasteiger partial charge in [0.1, 0.15) is 24.5 Å². The first-order valence-electron chi connectivity index (χ1n) is 11.8. The molecule has 5 heterocycles. The average Bonchev–Trinajstić information content (AvgIpc) is 3.55. The van der Waals surface area contributed by atoms with Crippen LogP contribution in [0.5, 0.6) is 0 Å². The van der Waals surface area contributed by atoms with E-state index in [4.69, 9.17) is 14.7 Å². The summed E-state index contributed by atoms with van der Waals surface area (Å²) >= 11 is 0. The van der Waals surface area contributed by atoms with Crippen molar-refractivity contribution in [3.8, 4) is 11.4 Å². The van der Waals surface area contributed by atoms with Gasteiger partial charge in [-0.1, -0.05) is 12.1 Å². The predicted octanol–water partition coefficient (Wildman–Crippen LogP) is 3.27. The Labute approximate surface area is 203 Å². The van der Waals surface area contributed by atoms with Gasteiger partial charge in [-0.3, -0.25) is 4.98 Å². The van der Waals surface area contributed by atoms with Gasteiger partial charge >= 0.3 is 0 Å². The summed E-state index contributed by atoms with van der Waals surface area (Å²) in [5.41, 5.74) is 4.93. The molecule has 4 aromatic rings. The first-order valence-corrected chi connectivity index (χ1v) is 11.8. The minimum absolute atomic E-state index is 0.532. The van der Waals surface area contributed by atoms with Crippen molar-refractivity contribution in [2.24, 2.45) is 0 Å². The minimum atomic E-state index is 0.532. The second-order valence-electron chi connectivity index (χ2n) is 8.59. The van der Waals surface area contributed by atoms with Gasteiger partial charge in [0.15, 0.2) is 11.6 Å². The maximum Gasteiger partial charge on any atom is 0.162 e. The third kappa shape index (κ3) is 4.47. The standard InChI is InChI=1S/C25H27N9O/c1-18-4-2-7-21(29-18)24-25(33-9-8-23-27-16-28-34(23)17-33)31-22(30-24)15-26-19-5-3-6-20(14-19)32-10-12-35-13-11-32/h2-9,14,16,26H,10-13,15,17H2,1H3,(H,30,31). The molecule has 1 saturated heterocycles. The van der Waals surface area contributed by atoms with Crippen LogP contribution in [0.2, 0.25) is 0 Å². The lowest BCUT2D eigenvalue weighted by Gasteiger charge is -2.29. The Morgan fingerprint density at radius 3 is 2.86 bits per heavy atom. The average molecular weight is 470 g/mol. The number of morpholine rings is 1. The third-order valence-corrected chi connectivity index (χ3v) is 6.17. The van der Waals surface area contributed by atoms with Crippen LogP contribution in [0.25, 0.3) is 17.5 Å². The smallest absolute Gasteiger partial charge is 0.162 e. The molecule has 1 fully saturated rings. The van der Waals surface area contributed by atoms with E-state index >= 15 is 0 Å². The summed E-state index contributed by atoms with van der Waals surface area (Å²) in [6, 6.07) is 14.5. The zero-order valence-electron chi connectivity index (χ0n) is 19.6. The summed E-state index contributed by atoms with van der Waals surface area (Å²) in [7, 11) is 0. The number of nitrogens with zero attached hydrogens (tertiary/aromatic N) is 7. The molecule has 0 spiro atoms. The summed E-state index contributed by atoms with van der Waals surface area (Å²) in [6.07, 6.45) is 5.49. The number of ether oxygens (including phenoxy) is 1. The second kappa shape index (κ2) is 9.22. The molecule has 178 valence electrons. The van der Waals surface area contributed by atoms with Gasteiger partial charge in [0.2, 0.25) is 0 Å². The minimum Gasteiger partial charge on any atom is -0.378 e. The number of hydrogen-bond donors (Lipinski definition) is 2. The molecule has 0 amide bonds. The van der Waals surface area contributed by atoms with Crippen LogP contribution in [0.15, 0.2) is 55.0 Å². The molecule has 10 nitrogen and oxygen atoms in total. The van der Waals surface area contributed by atoms with E-state index in [1.165, 1.54) is 5.69 Å². The summed E-state index contributed by atoms with van der Waals surface area (Å²) in [5, 5.41) is 7.84. The molecule has 0 atom stereocenters. The van der Waals surface area contributed by atoms with E-state index in [1.807, 2.05) is 42.1 Å². The van der Waals surface area contributed by atoms with Gasteiger partial charge in [0, 0.05) is 36.4 Å². The van der Waals surface area contributed by atoms with E-state index in [-0.39, 0.29) is 0 Å². The zero-order chi connectivity index (χ0) is 23.6. The Hall–Kier alpha value is -4.18. The largest absolute Gasteiger partial charge is 0.378 e. The van der Waals surface area contributed by atoms with Crippen LogP contribution in [0.4, 0.5) is 17.2 Å². The second-order valence-corrected chi connectivity index (χ2v) is 8.59. The molecule has 2 aliphatic heterocycles. The monoisotopic (exact) mass is 469 g/mol. The number of fused-ring (bicyclic) bond motifs is 1. The zero-order valence-corrected chi connectivity index (χ0v) is 19.6. The molecule has 0 radical (unpaired) electrons. The van der Waals surface area contributed by atoms with Crippen molar-refractivity contribution < 1.29 is 4.74 Å². The number of aromatic nitrogens is 6. The molecule has 35 heavy (non-hydrogen) atoms. The highest BCUT2D eigenvalue weighted by Crippen LogP contribution is 2.30. The number of rotatable bonds is 6. The topological polar surface area (TPSA) is 100 Å². The summed E-state index contributed by atoms with van der Waals surface area (Å²) in [4.78, 5) is 21.9. The molecular weight excluding hydrogens is 442 g/mol. The quantitative estimate of drug-likeness (QED) is 0.444. The van der Waals surface area contributed by atoms with E-state index in [9.17, 15) is 0 Å². The molecule has 10 heteroatoms. The van der Waals surface area contributed by atoms with Gasteiger partial charge in [0.05, 0.1) is 25.5 Å². The molecule has 0 saturated carbocycles. The Kier molecular flexibility index (Phi) is 5.63. The van der Waals surface area contributed by atoms with Crippen molar-refractivity contribution in [1.29, 1.82) is 0 Å². The van der Waals surface area contributed by atoms with Gasteiger partial charge in [0.25, 0.3) is 0 Å². The van der Waals surface area contributed by atoms with Crippen LogP contribution in [0.3, 0.4) is 0 Å². The Bertz CT molecular complexity index is 1350. The number of aryl methyl sites for hydroxylation is 1. The van der Waals surface area contributed by atoms with Gasteiger partial charge in [-0.25, -0.2) is 14.6 Å². The third-order valence-electron chi connectivity index (χ3n) is 6.17. The van der Waals surface area contributed by atoms with Crippen molar-refractivity contribution in [1.82, 2.24) is 29.7 Å². The fraction of sp³-hybridized carbons (Fsp3) is 0.280. The Morgan fingerprint density at radius 2 is 1.97 bits per heavy atom. The molecule has 6 rings (SSSR count). The Morgan fingerprint density at radius 1 is 1.09 bits per heavy atom. The van der Waals surface area contributed by atoms with Gasteiger partial charge in [-0.05, 0) is 43.3 Å². The van der Waals surface area contributed by atoms with E-state index in [2.05, 4.69) is 54.4 Å². The fourth-order valence-corrected chi connectivity index (χ4v) is 4.38. The number of nitrogens with one attached hydrogen (secondary N) is 2. The van der Waals surface area contributed by atoms with E-state index < -0.39 is 0 Å². The SMILES string of the molecule is Cc1cccc(-c2[nH]c(CNc3cccc(N4CCOCC4)c3)nc2N2C=Cc3ncnn3C2)n1. The van der Waals surface area contributed by atoms with Crippen LogP contribution >= 0.6 is 0 Å². The first kappa shape index (κ1) is 21.4. The number of H-pyrrole nitrogens is 1. The summed E-state index contributed by atoms with van der Waals surface area (Å²) in [5.74, 6) is 2.46. The van der Waals surface area contributed by atoms with Crippen LogP contribution in [-0.2, 0) is 18.0 Å². The number of benzene rings is 1. The fourth-order valence-electron chi connectivity index (χ4n) is 4.38.